The lowest BCUT2D eigenvalue weighted by Gasteiger charge is -2.23. The van der Waals surface area contributed by atoms with Crippen LogP contribution >= 0.6 is 0 Å². The van der Waals surface area contributed by atoms with E-state index in [9.17, 15) is 10.1 Å². The van der Waals surface area contributed by atoms with E-state index in [1.165, 1.54) is 0 Å². The normalized spacial score (nSPS) is 24.4. The highest BCUT2D eigenvalue weighted by molar-refractivity contribution is 5.33. The Morgan fingerprint density at radius 3 is 2.43 bits per heavy atom. The van der Waals surface area contributed by atoms with Gasteiger partial charge in [0.25, 0.3) is 5.69 Å². The lowest BCUT2D eigenvalue weighted by atomic mass is 10.1. The molecule has 2 unspecified atom stereocenters. The predicted octanol–water partition coefficient (Wildman–Crippen LogP) is 0.266. The minimum absolute atomic E-state index is 0.141. The summed E-state index contributed by atoms with van der Waals surface area (Å²) in [7, 11) is 0. The zero-order valence-electron chi connectivity index (χ0n) is 13.7. The largest absolute Gasteiger partial charge is 0.314 e. The Morgan fingerprint density at radius 2 is 1.74 bits per heavy atom. The lowest BCUT2D eigenvalue weighted by molar-refractivity contribution is -0.384. The van der Waals surface area contributed by atoms with Crippen molar-refractivity contribution in [3.8, 4) is 0 Å². The fourth-order valence-electron chi connectivity index (χ4n) is 2.70. The second kappa shape index (κ2) is 9.57. The molecule has 1 saturated heterocycles. The highest BCUT2D eigenvalue weighted by Crippen LogP contribution is 2.13. The molecule has 0 aromatic heterocycles. The molecular formula is C16H27N5O2. The van der Waals surface area contributed by atoms with Crippen LogP contribution in [0.4, 0.5) is 5.69 Å². The van der Waals surface area contributed by atoms with E-state index in [4.69, 9.17) is 0 Å². The van der Waals surface area contributed by atoms with Crippen molar-refractivity contribution in [2.75, 3.05) is 39.3 Å². The summed E-state index contributed by atoms with van der Waals surface area (Å²) in [5.41, 5.74) is 1.25. The number of non-ortho nitro benzene ring substituents is 1. The average Bonchev–Trinajstić information content (AvgIpc) is 2.52. The molecule has 4 N–H and O–H groups in total. The topological polar surface area (TPSA) is 91.3 Å². The van der Waals surface area contributed by atoms with Crippen LogP contribution in [0.2, 0.25) is 0 Å². The zero-order chi connectivity index (χ0) is 16.5. The van der Waals surface area contributed by atoms with Gasteiger partial charge in [-0.3, -0.25) is 10.1 Å². The molecule has 1 aromatic rings. The van der Waals surface area contributed by atoms with Crippen LogP contribution in [-0.4, -0.2) is 56.3 Å². The highest BCUT2D eigenvalue weighted by Gasteiger charge is 2.12. The van der Waals surface area contributed by atoms with Crippen molar-refractivity contribution in [2.24, 2.45) is 0 Å². The van der Waals surface area contributed by atoms with Crippen LogP contribution in [0.5, 0.6) is 0 Å². The number of nitrogens with one attached hydrogen (secondary N) is 4. The third-order valence-electron chi connectivity index (χ3n) is 4.00. The van der Waals surface area contributed by atoms with Gasteiger partial charge >= 0.3 is 0 Å². The van der Waals surface area contributed by atoms with Crippen LogP contribution in [0.3, 0.4) is 0 Å². The lowest BCUT2D eigenvalue weighted by Crippen LogP contribution is -2.48. The van der Waals surface area contributed by atoms with Gasteiger partial charge < -0.3 is 21.3 Å². The third kappa shape index (κ3) is 6.62. The van der Waals surface area contributed by atoms with E-state index >= 15 is 0 Å². The summed E-state index contributed by atoms with van der Waals surface area (Å²) in [6.07, 6.45) is 0.854. The van der Waals surface area contributed by atoms with Gasteiger partial charge in [-0.2, -0.15) is 0 Å². The first-order valence-electron chi connectivity index (χ1n) is 8.26. The van der Waals surface area contributed by atoms with Gasteiger partial charge in [-0.15, -0.1) is 0 Å². The number of nitro groups is 1. The van der Waals surface area contributed by atoms with E-state index in [0.29, 0.717) is 12.1 Å². The molecule has 0 amide bonds. The molecule has 0 radical (unpaired) electrons. The molecule has 1 heterocycles. The number of nitrogens with zero attached hydrogens (tertiary/aromatic N) is 1. The maximum atomic E-state index is 10.7. The molecule has 0 aliphatic carbocycles. The molecule has 7 heteroatoms. The van der Waals surface area contributed by atoms with Gasteiger partial charge in [-0.1, -0.05) is 12.1 Å². The van der Waals surface area contributed by atoms with Crippen LogP contribution < -0.4 is 21.3 Å². The molecule has 0 spiro atoms. The van der Waals surface area contributed by atoms with E-state index in [-0.39, 0.29) is 10.6 Å². The van der Waals surface area contributed by atoms with Crippen LogP contribution in [0.25, 0.3) is 0 Å². The summed E-state index contributed by atoms with van der Waals surface area (Å²) in [6.45, 7) is 7.79. The zero-order valence-corrected chi connectivity index (χ0v) is 13.7. The van der Waals surface area contributed by atoms with Crippen molar-refractivity contribution in [3.05, 3.63) is 39.9 Å². The number of hydrogen-bond acceptors (Lipinski definition) is 6. The van der Waals surface area contributed by atoms with Crippen LogP contribution in [0.1, 0.15) is 12.5 Å². The quantitative estimate of drug-likeness (QED) is 0.472. The van der Waals surface area contributed by atoms with Gasteiger partial charge in [0.15, 0.2) is 0 Å². The Morgan fingerprint density at radius 1 is 1.04 bits per heavy atom. The molecule has 0 saturated carbocycles. The average molecular weight is 321 g/mol. The number of hydrogen-bond donors (Lipinski definition) is 4. The van der Waals surface area contributed by atoms with Crippen molar-refractivity contribution < 1.29 is 4.92 Å². The molecule has 1 aliphatic heterocycles. The maximum absolute atomic E-state index is 10.7. The Labute approximate surface area is 137 Å². The van der Waals surface area contributed by atoms with Crippen molar-refractivity contribution in [1.29, 1.82) is 0 Å². The second-order valence-corrected chi connectivity index (χ2v) is 6.04. The first kappa shape index (κ1) is 17.8. The summed E-state index contributed by atoms with van der Waals surface area (Å²) < 4.78 is 0. The minimum atomic E-state index is -0.362. The molecule has 2 atom stereocenters. The molecule has 1 aliphatic rings. The molecular weight excluding hydrogens is 294 g/mol. The van der Waals surface area contributed by atoms with Crippen molar-refractivity contribution >= 4 is 5.69 Å². The summed E-state index contributed by atoms with van der Waals surface area (Å²) in [6, 6.07) is 7.59. The van der Waals surface area contributed by atoms with E-state index in [1.807, 2.05) is 12.1 Å². The summed E-state index contributed by atoms with van der Waals surface area (Å²) >= 11 is 0. The second-order valence-electron chi connectivity index (χ2n) is 6.04. The molecule has 23 heavy (non-hydrogen) atoms. The fourth-order valence-corrected chi connectivity index (χ4v) is 2.70. The first-order valence-corrected chi connectivity index (χ1v) is 8.26. The predicted molar refractivity (Wildman–Crippen MR) is 91.8 cm³/mol. The third-order valence-corrected chi connectivity index (χ3v) is 4.00. The van der Waals surface area contributed by atoms with Gasteiger partial charge in [0, 0.05) is 63.5 Å². The minimum Gasteiger partial charge on any atom is -0.314 e. The van der Waals surface area contributed by atoms with E-state index in [0.717, 1.165) is 51.3 Å². The highest BCUT2D eigenvalue weighted by atomic mass is 16.6. The Kier molecular flexibility index (Phi) is 7.41. The monoisotopic (exact) mass is 321 g/mol. The van der Waals surface area contributed by atoms with Crippen LogP contribution in [-0.2, 0) is 6.42 Å². The van der Waals surface area contributed by atoms with Crippen molar-refractivity contribution in [2.45, 2.75) is 25.4 Å². The number of nitro benzene ring substituents is 1. The molecule has 7 nitrogen and oxygen atoms in total. The SMILES string of the molecule is CC1CNCC(Cc2ccc([N+](=O)[O-])cc2)NCCNCCN1. The van der Waals surface area contributed by atoms with Gasteiger partial charge in [0.2, 0.25) is 0 Å². The Balaban J connectivity index is 1.90. The van der Waals surface area contributed by atoms with Crippen LogP contribution in [0, 0.1) is 10.1 Å². The van der Waals surface area contributed by atoms with Gasteiger partial charge in [-0.05, 0) is 18.9 Å². The Hall–Kier alpha value is -1.54. The molecule has 128 valence electrons. The molecule has 0 bridgehead atoms. The maximum Gasteiger partial charge on any atom is 0.269 e. The van der Waals surface area contributed by atoms with Crippen molar-refractivity contribution in [1.82, 2.24) is 21.3 Å². The summed E-state index contributed by atoms with van der Waals surface area (Å²) in [5, 5.41) is 24.7. The molecule has 2 rings (SSSR count). The smallest absolute Gasteiger partial charge is 0.269 e. The van der Waals surface area contributed by atoms with E-state index in [1.54, 1.807) is 12.1 Å². The Bertz CT molecular complexity index is 480. The van der Waals surface area contributed by atoms with E-state index in [2.05, 4.69) is 28.2 Å². The van der Waals surface area contributed by atoms with E-state index < -0.39 is 0 Å². The van der Waals surface area contributed by atoms with Gasteiger partial charge in [0.05, 0.1) is 4.92 Å². The van der Waals surface area contributed by atoms with Crippen molar-refractivity contribution in [3.63, 3.8) is 0 Å². The number of benzene rings is 1. The van der Waals surface area contributed by atoms with Gasteiger partial charge in [-0.25, -0.2) is 0 Å². The number of rotatable bonds is 3. The summed E-state index contributed by atoms with van der Waals surface area (Å²) in [5.74, 6) is 0. The molecule has 1 aromatic carbocycles. The van der Waals surface area contributed by atoms with Crippen LogP contribution in [0.15, 0.2) is 24.3 Å². The fraction of sp³-hybridized carbons (Fsp3) is 0.625. The standard InChI is InChI=1S/C16H27N5O2/c1-13-11-18-12-15(20-9-7-17-6-8-19-13)10-14-2-4-16(5-3-14)21(22)23/h2-5,13,15,17-20H,6-12H2,1H3. The molecule has 1 fully saturated rings. The van der Waals surface area contributed by atoms with Gasteiger partial charge in [0.1, 0.15) is 0 Å². The summed E-state index contributed by atoms with van der Waals surface area (Å²) in [4.78, 5) is 10.4. The first-order chi connectivity index (χ1) is 11.1.